The van der Waals surface area contributed by atoms with Gasteiger partial charge < -0.3 is 10.0 Å². The van der Waals surface area contributed by atoms with Crippen molar-refractivity contribution in [2.45, 2.75) is 6.54 Å². The van der Waals surface area contributed by atoms with Gasteiger partial charge in [-0.1, -0.05) is 18.2 Å². The van der Waals surface area contributed by atoms with E-state index in [1.165, 1.54) is 18.2 Å². The van der Waals surface area contributed by atoms with Gasteiger partial charge in [0.15, 0.2) is 0 Å². The van der Waals surface area contributed by atoms with E-state index in [2.05, 4.69) is 4.84 Å². The van der Waals surface area contributed by atoms with Gasteiger partial charge in [0.2, 0.25) is 0 Å². The molecule has 0 saturated heterocycles. The van der Waals surface area contributed by atoms with Gasteiger partial charge in [-0.05, 0) is 11.8 Å². The van der Waals surface area contributed by atoms with Crippen molar-refractivity contribution in [1.29, 1.82) is 0 Å². The molecule has 1 aromatic carbocycles. The Hall–Kier alpha value is -0.615. The summed E-state index contributed by atoms with van der Waals surface area (Å²) in [5.41, 5.74) is 0.144. The Morgan fingerprint density at radius 1 is 1.46 bits per heavy atom. The van der Waals surface area contributed by atoms with E-state index in [-0.39, 0.29) is 12.0 Å². The Bertz CT molecular complexity index is 298. The summed E-state index contributed by atoms with van der Waals surface area (Å²) in [6.07, 6.45) is 0. The topological polar surface area (TPSA) is 52.5 Å². The quantitative estimate of drug-likeness (QED) is 0.469. The first kappa shape index (κ1) is 10.5. The van der Waals surface area contributed by atoms with E-state index < -0.39 is 12.9 Å². The molecule has 3 N–H and O–H groups in total. The minimum absolute atomic E-state index is 0.133. The smallest absolute Gasteiger partial charge is 0.423 e. The second-order valence-electron chi connectivity index (χ2n) is 2.50. The van der Waals surface area contributed by atoms with Gasteiger partial charge in [-0.2, -0.15) is 0 Å². The number of halogens is 2. The largest absolute Gasteiger partial charge is 0.491 e. The van der Waals surface area contributed by atoms with E-state index in [1.807, 2.05) is 0 Å². The number of rotatable bonds is 3. The monoisotopic (exact) mass is 203 g/mol. The Morgan fingerprint density at radius 3 is 2.69 bits per heavy atom. The second-order valence-corrected chi connectivity index (χ2v) is 2.77. The third kappa shape index (κ3) is 2.41. The second kappa shape index (κ2) is 4.57. The third-order valence-electron chi connectivity index (χ3n) is 1.64. The number of hydrogen-bond donors (Lipinski definition) is 3. The average molecular weight is 203 g/mol. The number of benzene rings is 1. The van der Waals surface area contributed by atoms with E-state index >= 15 is 0 Å². The van der Waals surface area contributed by atoms with Crippen LogP contribution in [0.15, 0.2) is 18.2 Å². The average Bonchev–Trinajstić information content (AvgIpc) is 2.08. The van der Waals surface area contributed by atoms with Gasteiger partial charge in [0.05, 0.1) is 0 Å². The van der Waals surface area contributed by atoms with Crippen LogP contribution in [0.5, 0.6) is 0 Å². The van der Waals surface area contributed by atoms with Crippen molar-refractivity contribution in [2.24, 2.45) is 0 Å². The fraction of sp³-hybridized carbons (Fsp3) is 0.143. The van der Waals surface area contributed by atoms with Crippen molar-refractivity contribution < 1.29 is 14.4 Å². The van der Waals surface area contributed by atoms with E-state index in [1.54, 1.807) is 0 Å². The molecule has 0 spiro atoms. The molecule has 0 heterocycles. The highest BCUT2D eigenvalue weighted by molar-refractivity contribution is 6.58. The fourth-order valence-corrected chi connectivity index (χ4v) is 1.15. The van der Waals surface area contributed by atoms with Crippen LogP contribution in [-0.2, 0) is 6.54 Å². The molecule has 0 fully saturated rings. The van der Waals surface area contributed by atoms with Crippen LogP contribution in [0, 0.1) is 5.82 Å². The standard InChI is InChI=1S/C7H8BClFNO2/c9-11-4-5-2-1-3-6(7(5)10)8(12)13/h1-3,11-13H,4H2. The minimum atomic E-state index is -1.80. The first-order valence-corrected chi connectivity index (χ1v) is 4.01. The molecule has 6 heteroatoms. The molecule has 0 aliphatic carbocycles. The van der Waals surface area contributed by atoms with Crippen molar-refractivity contribution in [3.8, 4) is 0 Å². The van der Waals surface area contributed by atoms with Crippen LogP contribution in [0.1, 0.15) is 5.56 Å². The highest BCUT2D eigenvalue weighted by Crippen LogP contribution is 2.04. The molecule has 13 heavy (non-hydrogen) atoms. The molecule has 70 valence electrons. The molecule has 0 aliphatic rings. The lowest BCUT2D eigenvalue weighted by atomic mass is 9.79. The van der Waals surface area contributed by atoms with E-state index in [4.69, 9.17) is 21.8 Å². The van der Waals surface area contributed by atoms with Crippen LogP contribution < -0.4 is 10.3 Å². The Kier molecular flexibility index (Phi) is 3.68. The van der Waals surface area contributed by atoms with Crippen molar-refractivity contribution in [3.05, 3.63) is 29.6 Å². The summed E-state index contributed by atoms with van der Waals surface area (Å²) >= 11 is 5.20. The summed E-state index contributed by atoms with van der Waals surface area (Å²) in [4.78, 5) is 2.26. The van der Waals surface area contributed by atoms with Crippen molar-refractivity contribution in [2.75, 3.05) is 0 Å². The molecular formula is C7H8BClFNO2. The van der Waals surface area contributed by atoms with Crippen LogP contribution in [0.2, 0.25) is 0 Å². The zero-order valence-electron chi connectivity index (χ0n) is 6.67. The summed E-state index contributed by atoms with van der Waals surface area (Å²) < 4.78 is 13.3. The lowest BCUT2D eigenvalue weighted by molar-refractivity contribution is 0.422. The van der Waals surface area contributed by atoms with Gasteiger partial charge in [0.1, 0.15) is 5.82 Å². The molecule has 0 unspecified atom stereocenters. The molecular weight excluding hydrogens is 195 g/mol. The zero-order chi connectivity index (χ0) is 9.84. The molecule has 0 saturated carbocycles. The predicted molar refractivity (Wildman–Crippen MR) is 48.9 cm³/mol. The lowest BCUT2D eigenvalue weighted by Gasteiger charge is -2.05. The van der Waals surface area contributed by atoms with Gasteiger partial charge in [-0.15, -0.1) is 0 Å². The Morgan fingerprint density at radius 2 is 2.15 bits per heavy atom. The lowest BCUT2D eigenvalue weighted by Crippen LogP contribution is -2.33. The number of hydrogen-bond acceptors (Lipinski definition) is 3. The molecule has 0 aliphatic heterocycles. The molecule has 0 amide bonds. The SMILES string of the molecule is OB(O)c1cccc(CNCl)c1F. The Balaban J connectivity index is 3.03. The fourth-order valence-electron chi connectivity index (χ4n) is 1.01. The molecule has 1 rings (SSSR count). The van der Waals surface area contributed by atoms with Crippen LogP contribution in [0.25, 0.3) is 0 Å². The predicted octanol–water partition coefficient (Wildman–Crippen LogP) is -0.251. The van der Waals surface area contributed by atoms with Gasteiger partial charge >= 0.3 is 7.12 Å². The van der Waals surface area contributed by atoms with Gasteiger partial charge in [-0.25, -0.2) is 9.23 Å². The molecule has 0 aromatic heterocycles. The number of nitrogens with one attached hydrogen (secondary N) is 1. The van der Waals surface area contributed by atoms with E-state index in [0.29, 0.717) is 5.56 Å². The van der Waals surface area contributed by atoms with Gasteiger partial charge in [-0.3, -0.25) is 0 Å². The van der Waals surface area contributed by atoms with Crippen molar-refractivity contribution in [1.82, 2.24) is 4.84 Å². The maximum Gasteiger partial charge on any atom is 0.491 e. The summed E-state index contributed by atoms with van der Waals surface area (Å²) in [6, 6.07) is 4.34. The summed E-state index contributed by atoms with van der Waals surface area (Å²) in [5.74, 6) is -0.648. The first-order valence-electron chi connectivity index (χ1n) is 3.63. The van der Waals surface area contributed by atoms with E-state index in [9.17, 15) is 4.39 Å². The third-order valence-corrected chi connectivity index (χ3v) is 1.78. The first-order chi connectivity index (χ1) is 6.16. The van der Waals surface area contributed by atoms with E-state index in [0.717, 1.165) is 0 Å². The maximum absolute atomic E-state index is 13.3. The highest BCUT2D eigenvalue weighted by Gasteiger charge is 2.17. The summed E-state index contributed by atoms with van der Waals surface area (Å²) in [5, 5.41) is 17.5. The van der Waals surface area contributed by atoms with Crippen LogP contribution in [0.4, 0.5) is 4.39 Å². The summed E-state index contributed by atoms with van der Waals surface area (Å²) in [6.45, 7) is 0.133. The maximum atomic E-state index is 13.3. The van der Waals surface area contributed by atoms with Gasteiger partial charge in [0, 0.05) is 17.6 Å². The molecule has 3 nitrogen and oxygen atoms in total. The van der Waals surface area contributed by atoms with Crippen LogP contribution in [-0.4, -0.2) is 17.2 Å². The highest BCUT2D eigenvalue weighted by atomic mass is 35.5. The molecule has 0 atom stereocenters. The molecule has 0 bridgehead atoms. The normalized spacial score (nSPS) is 10.2. The minimum Gasteiger partial charge on any atom is -0.423 e. The molecule has 0 radical (unpaired) electrons. The summed E-state index contributed by atoms with van der Waals surface area (Å²) in [7, 11) is -1.80. The van der Waals surface area contributed by atoms with Gasteiger partial charge in [0.25, 0.3) is 0 Å². The van der Waals surface area contributed by atoms with Crippen LogP contribution in [0.3, 0.4) is 0 Å². The van der Waals surface area contributed by atoms with Crippen molar-refractivity contribution >= 4 is 24.4 Å². The molecule has 1 aromatic rings. The van der Waals surface area contributed by atoms with Crippen molar-refractivity contribution in [3.63, 3.8) is 0 Å². The zero-order valence-corrected chi connectivity index (χ0v) is 7.42. The van der Waals surface area contributed by atoms with Crippen LogP contribution >= 0.6 is 11.8 Å². The Labute approximate surface area is 80.4 Å².